The third kappa shape index (κ3) is 38.8. The fraction of sp³-hybridized carbons (Fsp3) is 1.00. The maximum atomic E-state index is 2.18. The van der Waals surface area contributed by atoms with Gasteiger partial charge in [-0.1, -0.05) is 26.7 Å². The van der Waals surface area contributed by atoms with E-state index in [9.17, 15) is 0 Å². The Bertz CT molecular complexity index is 11.7. The Kier molecular flexibility index (Phi) is 91.0. The molecule has 0 rings (SSSR count). The molecule has 0 amide bonds. The van der Waals surface area contributed by atoms with Crippen LogP contribution in [0.25, 0.3) is 0 Å². The SMILES string of the molecule is CCCC.Cl.Cl.[Ti]. The van der Waals surface area contributed by atoms with Gasteiger partial charge in [0.2, 0.25) is 0 Å². The van der Waals surface area contributed by atoms with Crippen LogP contribution in [-0.2, 0) is 21.7 Å². The third-order valence-corrected chi connectivity index (χ3v) is 0.500. The van der Waals surface area contributed by atoms with Gasteiger partial charge in [-0.3, -0.25) is 0 Å². The van der Waals surface area contributed by atoms with Crippen LogP contribution >= 0.6 is 24.8 Å². The Morgan fingerprint density at radius 1 is 0.857 bits per heavy atom. The molecule has 7 heavy (non-hydrogen) atoms. The van der Waals surface area contributed by atoms with Crippen LogP contribution in [0.3, 0.4) is 0 Å². The molecule has 0 atom stereocenters. The van der Waals surface area contributed by atoms with Crippen molar-refractivity contribution in [3.8, 4) is 0 Å². The summed E-state index contributed by atoms with van der Waals surface area (Å²) in [5, 5.41) is 0. The summed E-state index contributed by atoms with van der Waals surface area (Å²) in [4.78, 5) is 0. The maximum absolute atomic E-state index is 2.18. The van der Waals surface area contributed by atoms with Crippen molar-refractivity contribution in [1.82, 2.24) is 0 Å². The topological polar surface area (TPSA) is 0 Å². The molecule has 0 aromatic heterocycles. The zero-order valence-corrected chi connectivity index (χ0v) is 7.93. The first-order chi connectivity index (χ1) is 1.91. The van der Waals surface area contributed by atoms with Crippen molar-refractivity contribution in [2.24, 2.45) is 0 Å². The molecule has 0 aliphatic heterocycles. The molecule has 3 heteroatoms. The Hall–Kier alpha value is 1.29. The molecule has 0 aliphatic rings. The second-order valence-corrected chi connectivity index (χ2v) is 1.000. The molecule has 0 radical (unpaired) electrons. The van der Waals surface area contributed by atoms with Crippen molar-refractivity contribution in [2.75, 3.05) is 0 Å². The monoisotopic (exact) mass is 178 g/mol. The van der Waals surface area contributed by atoms with Crippen molar-refractivity contribution >= 4 is 24.8 Å². The molecule has 0 heterocycles. The summed E-state index contributed by atoms with van der Waals surface area (Å²) in [6, 6.07) is 0. The van der Waals surface area contributed by atoms with E-state index in [1.807, 2.05) is 0 Å². The van der Waals surface area contributed by atoms with E-state index in [0.717, 1.165) is 0 Å². The fourth-order valence-electron chi connectivity index (χ4n) is 0. The van der Waals surface area contributed by atoms with E-state index >= 15 is 0 Å². The summed E-state index contributed by atoms with van der Waals surface area (Å²) in [5.74, 6) is 0. The molecule has 0 aliphatic carbocycles. The number of unbranched alkanes of at least 4 members (excludes halogenated alkanes) is 1. The first-order valence-electron chi connectivity index (χ1n) is 1.91. The zero-order valence-electron chi connectivity index (χ0n) is 4.73. The van der Waals surface area contributed by atoms with Crippen LogP contribution in [0.5, 0.6) is 0 Å². The van der Waals surface area contributed by atoms with Gasteiger partial charge >= 0.3 is 0 Å². The predicted octanol–water partition coefficient (Wildman–Crippen LogP) is 2.65. The largest absolute Gasteiger partial charge is 0.147 e. The molecule has 46 valence electrons. The van der Waals surface area contributed by atoms with Crippen LogP contribution in [0.1, 0.15) is 26.7 Å². The van der Waals surface area contributed by atoms with Crippen LogP contribution in [0.4, 0.5) is 0 Å². The van der Waals surface area contributed by atoms with Gasteiger partial charge in [0.1, 0.15) is 0 Å². The Labute approximate surface area is 73.1 Å². The molecule has 0 unspecified atom stereocenters. The Morgan fingerprint density at radius 3 is 1.00 bits per heavy atom. The van der Waals surface area contributed by atoms with Gasteiger partial charge in [-0.25, -0.2) is 0 Å². The van der Waals surface area contributed by atoms with Crippen LogP contribution in [-0.4, -0.2) is 0 Å². The first-order valence-corrected chi connectivity index (χ1v) is 1.91. The van der Waals surface area contributed by atoms with E-state index in [1.54, 1.807) is 0 Å². The molecule has 0 nitrogen and oxygen atoms in total. The summed E-state index contributed by atoms with van der Waals surface area (Å²) < 4.78 is 0. The quantitative estimate of drug-likeness (QED) is 0.542. The van der Waals surface area contributed by atoms with Gasteiger partial charge in [0, 0.05) is 21.7 Å². The van der Waals surface area contributed by atoms with Gasteiger partial charge in [-0.2, -0.15) is 0 Å². The minimum atomic E-state index is 0. The van der Waals surface area contributed by atoms with E-state index in [0.29, 0.717) is 0 Å². The zero-order chi connectivity index (χ0) is 3.41. The van der Waals surface area contributed by atoms with Gasteiger partial charge in [0.05, 0.1) is 0 Å². The molecule has 0 N–H and O–H groups in total. The number of hydrogen-bond donors (Lipinski definition) is 0. The summed E-state index contributed by atoms with van der Waals surface area (Å²) in [6.45, 7) is 4.36. The van der Waals surface area contributed by atoms with Crippen LogP contribution in [0.15, 0.2) is 0 Å². The third-order valence-electron chi connectivity index (χ3n) is 0.500. The molecular weight excluding hydrogens is 167 g/mol. The minimum absolute atomic E-state index is 0. The average molecular weight is 179 g/mol. The van der Waals surface area contributed by atoms with Gasteiger partial charge in [0.25, 0.3) is 0 Å². The van der Waals surface area contributed by atoms with E-state index in [2.05, 4.69) is 13.8 Å². The molecule has 0 saturated heterocycles. The van der Waals surface area contributed by atoms with E-state index in [1.165, 1.54) is 12.8 Å². The molecule has 0 aromatic carbocycles. The normalized spacial score (nSPS) is 4.29. The Morgan fingerprint density at radius 2 is 1.00 bits per heavy atom. The van der Waals surface area contributed by atoms with Gasteiger partial charge in [-0.05, 0) is 0 Å². The molecule has 0 spiro atoms. The van der Waals surface area contributed by atoms with Crippen molar-refractivity contribution in [3.63, 3.8) is 0 Å². The molecule has 0 aromatic rings. The number of halogens is 2. The molecule has 0 bridgehead atoms. The van der Waals surface area contributed by atoms with E-state index in [-0.39, 0.29) is 46.5 Å². The second kappa shape index (κ2) is 26.6. The summed E-state index contributed by atoms with van der Waals surface area (Å²) in [6.07, 6.45) is 2.64. The molecule has 0 fully saturated rings. The summed E-state index contributed by atoms with van der Waals surface area (Å²) in [7, 11) is 0. The average Bonchev–Trinajstić information content (AvgIpc) is 1.37. The van der Waals surface area contributed by atoms with Crippen LogP contribution < -0.4 is 0 Å². The Balaban J connectivity index is -0.0000000150. The van der Waals surface area contributed by atoms with Crippen LogP contribution in [0.2, 0.25) is 0 Å². The van der Waals surface area contributed by atoms with Crippen molar-refractivity contribution in [2.45, 2.75) is 26.7 Å². The van der Waals surface area contributed by atoms with Crippen molar-refractivity contribution < 1.29 is 21.7 Å². The van der Waals surface area contributed by atoms with E-state index in [4.69, 9.17) is 0 Å². The fourth-order valence-corrected chi connectivity index (χ4v) is 0. The first kappa shape index (κ1) is 23.9. The smallest absolute Gasteiger partial charge is 0 e. The van der Waals surface area contributed by atoms with Gasteiger partial charge in [0.15, 0.2) is 0 Å². The van der Waals surface area contributed by atoms with E-state index < -0.39 is 0 Å². The maximum Gasteiger partial charge on any atom is 0 e. The number of rotatable bonds is 1. The number of hydrogen-bond acceptors (Lipinski definition) is 0. The van der Waals surface area contributed by atoms with Gasteiger partial charge in [-0.15, -0.1) is 24.8 Å². The van der Waals surface area contributed by atoms with Crippen molar-refractivity contribution in [1.29, 1.82) is 0 Å². The summed E-state index contributed by atoms with van der Waals surface area (Å²) >= 11 is 0. The minimum Gasteiger partial charge on any atom is -0.147 e. The predicted molar refractivity (Wildman–Crippen MR) is 35.1 cm³/mol. The standard InChI is InChI=1S/C4H10.2ClH.Ti/c1-3-4-2;;;/h3-4H2,1-2H3;2*1H;. The summed E-state index contributed by atoms with van der Waals surface area (Å²) in [5.41, 5.74) is 0. The van der Waals surface area contributed by atoms with Gasteiger partial charge < -0.3 is 0 Å². The van der Waals surface area contributed by atoms with Crippen molar-refractivity contribution in [3.05, 3.63) is 0 Å². The molecular formula is C4H12Cl2Ti. The molecule has 0 saturated carbocycles. The van der Waals surface area contributed by atoms with Crippen LogP contribution in [0, 0.1) is 0 Å². The second-order valence-electron chi connectivity index (χ2n) is 1.000.